The lowest BCUT2D eigenvalue weighted by molar-refractivity contribution is -0.136. The van der Waals surface area contributed by atoms with E-state index in [4.69, 9.17) is 0 Å². The zero-order valence-corrected chi connectivity index (χ0v) is 12.9. The van der Waals surface area contributed by atoms with Crippen LogP contribution in [0.1, 0.15) is 4.88 Å². The van der Waals surface area contributed by atoms with Crippen molar-refractivity contribution < 1.29 is 13.8 Å². The van der Waals surface area contributed by atoms with E-state index < -0.39 is 22.6 Å². The molecule has 1 unspecified atom stereocenters. The second-order valence-electron chi connectivity index (χ2n) is 4.19. The lowest BCUT2D eigenvalue weighted by Crippen LogP contribution is -2.34. The highest BCUT2D eigenvalue weighted by Gasteiger charge is 2.13. The molecule has 1 aromatic heterocycles. The average Bonchev–Trinajstić information content (AvgIpc) is 2.98. The van der Waals surface area contributed by atoms with Crippen LogP contribution in [0.5, 0.6) is 0 Å². The third kappa shape index (κ3) is 4.51. The molecule has 1 heterocycles. The summed E-state index contributed by atoms with van der Waals surface area (Å²) in [5.41, 5.74) is 0.487. The van der Waals surface area contributed by atoms with Crippen LogP contribution in [0.2, 0.25) is 0 Å². The Balaban J connectivity index is 1.88. The van der Waals surface area contributed by atoms with Gasteiger partial charge in [0.2, 0.25) is 0 Å². The number of rotatable bonds is 4. The number of thiophene rings is 1. The van der Waals surface area contributed by atoms with Crippen LogP contribution in [0, 0.1) is 0 Å². The Morgan fingerprint density at radius 2 is 1.86 bits per heavy atom. The van der Waals surface area contributed by atoms with Crippen molar-refractivity contribution in [3.8, 4) is 0 Å². The molecular formula is C14H14N2O3S2. The molecule has 0 radical (unpaired) electrons. The van der Waals surface area contributed by atoms with Crippen LogP contribution in [-0.2, 0) is 26.9 Å². The topological polar surface area (TPSA) is 75.3 Å². The number of carbonyl (C=O) groups is 2. The van der Waals surface area contributed by atoms with Gasteiger partial charge in [-0.25, -0.2) is 0 Å². The van der Waals surface area contributed by atoms with Gasteiger partial charge in [0.15, 0.2) is 0 Å². The first-order valence-electron chi connectivity index (χ1n) is 6.11. The van der Waals surface area contributed by atoms with E-state index >= 15 is 0 Å². The summed E-state index contributed by atoms with van der Waals surface area (Å²) < 4.78 is 11.2. The molecule has 0 bridgehead atoms. The number of hydrogen-bond acceptors (Lipinski definition) is 4. The van der Waals surface area contributed by atoms with Gasteiger partial charge >= 0.3 is 11.8 Å². The van der Waals surface area contributed by atoms with Crippen LogP contribution >= 0.6 is 11.3 Å². The maximum Gasteiger partial charge on any atom is 0.313 e. The first kappa shape index (κ1) is 15.4. The monoisotopic (exact) mass is 322 g/mol. The average molecular weight is 322 g/mol. The second kappa shape index (κ2) is 7.14. The molecule has 0 aliphatic heterocycles. The van der Waals surface area contributed by atoms with E-state index in [0.29, 0.717) is 17.1 Å². The van der Waals surface area contributed by atoms with E-state index in [9.17, 15) is 13.8 Å². The van der Waals surface area contributed by atoms with Gasteiger partial charge in [0.05, 0.1) is 6.54 Å². The number of anilines is 1. The zero-order valence-electron chi connectivity index (χ0n) is 11.3. The van der Waals surface area contributed by atoms with Gasteiger partial charge in [-0.3, -0.25) is 13.8 Å². The summed E-state index contributed by atoms with van der Waals surface area (Å²) in [4.78, 5) is 25.0. The summed E-state index contributed by atoms with van der Waals surface area (Å²) in [6.45, 7) is 0.331. The minimum atomic E-state index is -1.07. The van der Waals surface area contributed by atoms with Crippen LogP contribution in [0.3, 0.4) is 0 Å². The zero-order chi connectivity index (χ0) is 15.2. The standard InChI is InChI=1S/C14H14N2O3S2/c1-21(19)12-6-4-10(5-7-12)16-14(18)13(17)15-9-11-3-2-8-20-11/h2-8H,9H2,1H3,(H,15,17)(H,16,18). The van der Waals surface area contributed by atoms with Gasteiger partial charge in [0, 0.05) is 32.5 Å². The van der Waals surface area contributed by atoms with Crippen molar-refractivity contribution in [2.24, 2.45) is 0 Å². The van der Waals surface area contributed by atoms with Crippen molar-refractivity contribution >= 4 is 39.6 Å². The Morgan fingerprint density at radius 3 is 2.43 bits per heavy atom. The van der Waals surface area contributed by atoms with Crippen LogP contribution < -0.4 is 10.6 Å². The smallest absolute Gasteiger partial charge is 0.313 e. The van der Waals surface area contributed by atoms with Gasteiger partial charge in [0.1, 0.15) is 0 Å². The molecule has 5 nitrogen and oxygen atoms in total. The van der Waals surface area contributed by atoms with Gasteiger partial charge in [-0.1, -0.05) is 6.07 Å². The summed E-state index contributed by atoms with van der Waals surface area (Å²) in [5, 5.41) is 6.94. The molecule has 0 spiro atoms. The van der Waals surface area contributed by atoms with Gasteiger partial charge in [0.25, 0.3) is 0 Å². The summed E-state index contributed by atoms with van der Waals surface area (Å²) >= 11 is 1.51. The Morgan fingerprint density at radius 1 is 1.14 bits per heavy atom. The van der Waals surface area contributed by atoms with Crippen LogP contribution in [0.4, 0.5) is 5.69 Å². The molecular weight excluding hydrogens is 308 g/mol. The SMILES string of the molecule is CS(=O)c1ccc(NC(=O)C(=O)NCc2cccs2)cc1. The van der Waals surface area contributed by atoms with Crippen molar-refractivity contribution in [3.63, 3.8) is 0 Å². The summed E-state index contributed by atoms with van der Waals surface area (Å²) in [6.07, 6.45) is 1.58. The normalized spacial score (nSPS) is 11.7. The molecule has 110 valence electrons. The lowest BCUT2D eigenvalue weighted by atomic mass is 10.3. The van der Waals surface area contributed by atoms with Crippen molar-refractivity contribution in [2.45, 2.75) is 11.4 Å². The molecule has 0 aliphatic rings. The predicted molar refractivity (Wildman–Crippen MR) is 83.6 cm³/mol. The Bertz CT molecular complexity index is 651. The molecule has 2 amide bonds. The maximum absolute atomic E-state index is 11.7. The van der Waals surface area contributed by atoms with Crippen LogP contribution in [0.25, 0.3) is 0 Å². The third-order valence-corrected chi connectivity index (χ3v) is 4.47. The molecule has 0 saturated heterocycles. The largest absolute Gasteiger partial charge is 0.343 e. The highest BCUT2D eigenvalue weighted by molar-refractivity contribution is 7.84. The van der Waals surface area contributed by atoms with E-state index in [0.717, 1.165) is 4.88 Å². The van der Waals surface area contributed by atoms with Gasteiger partial charge in [-0.15, -0.1) is 11.3 Å². The Hall–Kier alpha value is -1.99. The van der Waals surface area contributed by atoms with E-state index in [-0.39, 0.29) is 0 Å². The van der Waals surface area contributed by atoms with Crippen molar-refractivity contribution in [2.75, 3.05) is 11.6 Å². The van der Waals surface area contributed by atoms with E-state index in [1.807, 2.05) is 17.5 Å². The Labute approximate surface area is 128 Å². The predicted octanol–water partition coefficient (Wildman–Crippen LogP) is 1.74. The Kier molecular flexibility index (Phi) is 5.24. The minimum absolute atomic E-state index is 0.331. The quantitative estimate of drug-likeness (QED) is 0.842. The number of hydrogen-bond donors (Lipinski definition) is 2. The molecule has 21 heavy (non-hydrogen) atoms. The van der Waals surface area contributed by atoms with Crippen LogP contribution in [-0.4, -0.2) is 22.3 Å². The maximum atomic E-state index is 11.7. The third-order valence-electron chi connectivity index (χ3n) is 2.65. The highest BCUT2D eigenvalue weighted by atomic mass is 32.2. The van der Waals surface area contributed by atoms with Crippen molar-refractivity contribution in [3.05, 3.63) is 46.7 Å². The van der Waals surface area contributed by atoms with Crippen LogP contribution in [0.15, 0.2) is 46.7 Å². The van der Waals surface area contributed by atoms with Crippen molar-refractivity contribution in [1.29, 1.82) is 0 Å². The molecule has 0 fully saturated rings. The van der Waals surface area contributed by atoms with E-state index in [1.54, 1.807) is 30.5 Å². The van der Waals surface area contributed by atoms with Gasteiger partial charge in [-0.05, 0) is 35.7 Å². The highest BCUT2D eigenvalue weighted by Crippen LogP contribution is 2.12. The molecule has 0 aliphatic carbocycles. The fourth-order valence-electron chi connectivity index (χ4n) is 1.58. The van der Waals surface area contributed by atoms with E-state index in [2.05, 4.69) is 10.6 Å². The molecule has 2 rings (SSSR count). The fourth-order valence-corrected chi connectivity index (χ4v) is 2.74. The number of nitrogens with one attached hydrogen (secondary N) is 2. The summed E-state index contributed by atoms with van der Waals surface area (Å²) in [6, 6.07) is 10.3. The summed E-state index contributed by atoms with van der Waals surface area (Å²) in [7, 11) is -1.07. The van der Waals surface area contributed by atoms with Gasteiger partial charge in [-0.2, -0.15) is 0 Å². The second-order valence-corrected chi connectivity index (χ2v) is 6.61. The molecule has 7 heteroatoms. The molecule has 0 saturated carbocycles. The fraction of sp³-hybridized carbons (Fsp3) is 0.143. The first-order chi connectivity index (χ1) is 10.1. The molecule has 2 N–H and O–H groups in total. The molecule has 1 atom stereocenters. The summed E-state index contributed by atoms with van der Waals surface area (Å²) in [5.74, 6) is -1.41. The number of benzene rings is 1. The molecule has 2 aromatic rings. The number of carbonyl (C=O) groups excluding carboxylic acids is 2. The minimum Gasteiger partial charge on any atom is -0.343 e. The van der Waals surface area contributed by atoms with E-state index in [1.165, 1.54) is 11.3 Å². The molecule has 1 aromatic carbocycles. The first-order valence-corrected chi connectivity index (χ1v) is 8.55. The number of amides is 2. The van der Waals surface area contributed by atoms with Gasteiger partial charge < -0.3 is 10.6 Å². The lowest BCUT2D eigenvalue weighted by Gasteiger charge is -2.06. The van der Waals surface area contributed by atoms with Crippen molar-refractivity contribution in [1.82, 2.24) is 5.32 Å².